The number of nitro groups is 1. The van der Waals surface area contributed by atoms with E-state index in [1.165, 1.54) is 5.32 Å². The number of aromatic nitrogens is 2. The first-order valence-corrected chi connectivity index (χ1v) is 8.03. The molecule has 1 amide bonds. The average molecular weight is 446 g/mol. The van der Waals surface area contributed by atoms with E-state index in [0.717, 1.165) is 35.1 Å². The number of nitrogens with one attached hydrogen (secondary N) is 1. The molecule has 0 bridgehead atoms. The fourth-order valence-corrected chi connectivity index (χ4v) is 2.34. The zero-order chi connectivity index (χ0) is 22.9. The number of benzene rings is 2. The molecule has 0 aliphatic rings. The van der Waals surface area contributed by atoms with E-state index in [2.05, 4.69) is 5.10 Å². The number of ether oxygens (including phenoxy) is 1. The fraction of sp³-hybridized carbons (Fsp3) is 0.0588. The van der Waals surface area contributed by atoms with Crippen molar-refractivity contribution in [1.82, 2.24) is 9.78 Å². The van der Waals surface area contributed by atoms with Gasteiger partial charge in [-0.15, -0.1) is 0 Å². The molecule has 3 rings (SSSR count). The average Bonchev–Trinajstić information content (AvgIpc) is 3.21. The number of carbonyl (C=O) groups is 1. The number of amides is 1. The summed E-state index contributed by atoms with van der Waals surface area (Å²) in [5.74, 6) is -13.9. The van der Waals surface area contributed by atoms with E-state index in [0.29, 0.717) is 0 Å². The number of carbonyl (C=O) groups excluding carboxylic acids is 1. The van der Waals surface area contributed by atoms with Crippen LogP contribution < -0.4 is 10.1 Å². The first-order valence-electron chi connectivity index (χ1n) is 8.03. The van der Waals surface area contributed by atoms with Crippen LogP contribution in [-0.4, -0.2) is 20.6 Å². The molecule has 1 aromatic heterocycles. The summed E-state index contributed by atoms with van der Waals surface area (Å²) in [5, 5.41) is 16.1. The van der Waals surface area contributed by atoms with Gasteiger partial charge in [0, 0.05) is 18.3 Å². The molecule has 0 radical (unpaired) electrons. The van der Waals surface area contributed by atoms with Gasteiger partial charge in [0.25, 0.3) is 5.91 Å². The van der Waals surface area contributed by atoms with Gasteiger partial charge in [-0.1, -0.05) is 0 Å². The molecule has 0 aliphatic heterocycles. The second-order valence-corrected chi connectivity index (χ2v) is 5.78. The van der Waals surface area contributed by atoms with Gasteiger partial charge in [0.05, 0.1) is 4.92 Å². The van der Waals surface area contributed by atoms with E-state index in [1.807, 2.05) is 0 Å². The van der Waals surface area contributed by atoms with Crippen molar-refractivity contribution in [2.24, 2.45) is 0 Å². The Morgan fingerprint density at radius 1 is 1.03 bits per heavy atom. The summed E-state index contributed by atoms with van der Waals surface area (Å²) in [6.45, 7) is -0.542. The molecule has 1 N–H and O–H groups in total. The lowest BCUT2D eigenvalue weighted by molar-refractivity contribution is -0.386. The largest absolute Gasteiger partial charge is 0.464 e. The Kier molecular flexibility index (Phi) is 5.81. The molecule has 0 saturated heterocycles. The standard InChI is InChI=1S/C17H8F6N4O4/c18-7-1-2-9(27(29)30)10(5-7)31-6-26-4-3-8(25-26)17(28)24-16-14(22)12(20)11(19)13(21)15(16)23/h1-5H,6H2,(H,24,28). The summed E-state index contributed by atoms with van der Waals surface area (Å²) < 4.78 is 86.1. The Labute approximate surface area is 167 Å². The van der Waals surface area contributed by atoms with E-state index in [4.69, 9.17) is 4.74 Å². The molecule has 0 atom stereocenters. The van der Waals surface area contributed by atoms with Crippen molar-refractivity contribution in [2.75, 3.05) is 5.32 Å². The highest BCUT2D eigenvalue weighted by Gasteiger charge is 2.27. The summed E-state index contributed by atoms with van der Waals surface area (Å²) in [7, 11) is 0. The lowest BCUT2D eigenvalue weighted by Crippen LogP contribution is -2.18. The molecule has 0 saturated carbocycles. The van der Waals surface area contributed by atoms with Gasteiger partial charge < -0.3 is 10.1 Å². The number of hydrogen-bond donors (Lipinski definition) is 1. The minimum atomic E-state index is -2.39. The Morgan fingerprint density at radius 2 is 1.65 bits per heavy atom. The van der Waals surface area contributed by atoms with Crippen LogP contribution in [0, 0.1) is 45.0 Å². The van der Waals surface area contributed by atoms with Crippen molar-refractivity contribution in [2.45, 2.75) is 6.73 Å². The Balaban J connectivity index is 1.76. The van der Waals surface area contributed by atoms with Crippen LogP contribution in [0.15, 0.2) is 30.5 Å². The number of halogens is 6. The van der Waals surface area contributed by atoms with Crippen LogP contribution in [0.2, 0.25) is 0 Å². The van der Waals surface area contributed by atoms with Crippen molar-refractivity contribution < 1.29 is 40.8 Å². The minimum Gasteiger partial charge on any atom is -0.464 e. The lowest BCUT2D eigenvalue weighted by atomic mass is 10.2. The van der Waals surface area contributed by atoms with E-state index >= 15 is 0 Å². The number of nitro benzene ring substituents is 1. The predicted octanol–water partition coefficient (Wildman–Crippen LogP) is 3.91. The fourth-order valence-electron chi connectivity index (χ4n) is 2.34. The van der Waals surface area contributed by atoms with Gasteiger partial charge in [0.1, 0.15) is 11.5 Å². The number of hydrogen-bond acceptors (Lipinski definition) is 5. The van der Waals surface area contributed by atoms with Crippen molar-refractivity contribution in [1.29, 1.82) is 0 Å². The van der Waals surface area contributed by atoms with E-state index in [1.54, 1.807) is 0 Å². The molecule has 3 aromatic rings. The van der Waals surface area contributed by atoms with Gasteiger partial charge in [0.2, 0.25) is 11.6 Å². The Hall–Kier alpha value is -4.10. The topological polar surface area (TPSA) is 99.3 Å². The first kappa shape index (κ1) is 21.6. The zero-order valence-electron chi connectivity index (χ0n) is 14.8. The third-order valence-corrected chi connectivity index (χ3v) is 3.79. The summed E-state index contributed by atoms with van der Waals surface area (Å²) in [6.07, 6.45) is 1.11. The molecular formula is C17H8F6N4O4. The van der Waals surface area contributed by atoms with Gasteiger partial charge in [-0.05, 0) is 12.1 Å². The first-order chi connectivity index (χ1) is 14.6. The molecule has 31 heavy (non-hydrogen) atoms. The van der Waals surface area contributed by atoms with Crippen molar-refractivity contribution in [3.8, 4) is 5.75 Å². The maximum absolute atomic E-state index is 13.7. The Morgan fingerprint density at radius 3 is 2.26 bits per heavy atom. The number of rotatable bonds is 6. The third-order valence-electron chi connectivity index (χ3n) is 3.79. The van der Waals surface area contributed by atoms with Gasteiger partial charge >= 0.3 is 5.69 Å². The SMILES string of the molecule is O=C(Nc1c(F)c(F)c(F)c(F)c1F)c1ccn(COc2cc(F)ccc2[N+](=O)[O-])n1. The normalized spacial score (nSPS) is 10.8. The van der Waals surface area contributed by atoms with E-state index in [-0.39, 0.29) is 0 Å². The lowest BCUT2D eigenvalue weighted by Gasteiger charge is -2.09. The van der Waals surface area contributed by atoms with Crippen molar-refractivity contribution >= 4 is 17.3 Å². The second-order valence-electron chi connectivity index (χ2n) is 5.78. The van der Waals surface area contributed by atoms with Gasteiger partial charge in [-0.2, -0.15) is 5.10 Å². The van der Waals surface area contributed by atoms with Crippen molar-refractivity contribution in [3.63, 3.8) is 0 Å². The highest BCUT2D eigenvalue weighted by atomic mass is 19.2. The molecular weight excluding hydrogens is 438 g/mol. The maximum atomic E-state index is 13.7. The van der Waals surface area contributed by atoms with Crippen LogP contribution >= 0.6 is 0 Å². The maximum Gasteiger partial charge on any atom is 0.311 e. The summed E-state index contributed by atoms with van der Waals surface area (Å²) in [6, 6.07) is 3.47. The monoisotopic (exact) mass is 446 g/mol. The van der Waals surface area contributed by atoms with E-state index in [9.17, 15) is 41.3 Å². The summed E-state index contributed by atoms with van der Waals surface area (Å²) in [4.78, 5) is 22.2. The molecule has 2 aromatic carbocycles. The number of anilines is 1. The van der Waals surface area contributed by atoms with Crippen LogP contribution in [0.3, 0.4) is 0 Å². The van der Waals surface area contributed by atoms with Gasteiger partial charge in [-0.25, -0.2) is 31.0 Å². The molecule has 8 nitrogen and oxygen atoms in total. The molecule has 0 aliphatic carbocycles. The van der Waals surface area contributed by atoms with Gasteiger partial charge in [0.15, 0.2) is 35.7 Å². The van der Waals surface area contributed by atoms with Crippen LogP contribution in [0.5, 0.6) is 5.75 Å². The number of nitrogens with zero attached hydrogens (tertiary/aromatic N) is 3. The molecule has 0 spiro atoms. The molecule has 14 heteroatoms. The van der Waals surface area contributed by atoms with Crippen molar-refractivity contribution in [3.05, 3.63) is 81.2 Å². The van der Waals surface area contributed by atoms with Crippen LogP contribution in [-0.2, 0) is 6.73 Å². The minimum absolute atomic E-state index is 0.437. The highest BCUT2D eigenvalue weighted by Crippen LogP contribution is 2.28. The quantitative estimate of drug-likeness (QED) is 0.204. The zero-order valence-corrected chi connectivity index (χ0v) is 14.8. The van der Waals surface area contributed by atoms with E-state index < -0.39 is 75.3 Å². The summed E-state index contributed by atoms with van der Waals surface area (Å²) >= 11 is 0. The Bertz CT molecular complexity index is 1170. The van der Waals surface area contributed by atoms with Crippen LogP contribution in [0.4, 0.5) is 37.7 Å². The third kappa shape index (κ3) is 4.26. The molecule has 0 unspecified atom stereocenters. The van der Waals surface area contributed by atoms with Crippen LogP contribution in [0.25, 0.3) is 0 Å². The van der Waals surface area contributed by atoms with Crippen LogP contribution in [0.1, 0.15) is 10.5 Å². The summed E-state index contributed by atoms with van der Waals surface area (Å²) in [5.41, 5.74) is -2.62. The smallest absolute Gasteiger partial charge is 0.311 e. The molecule has 162 valence electrons. The highest BCUT2D eigenvalue weighted by molar-refractivity contribution is 6.02. The van der Waals surface area contributed by atoms with Gasteiger partial charge in [-0.3, -0.25) is 14.9 Å². The second kappa shape index (κ2) is 8.33. The predicted molar refractivity (Wildman–Crippen MR) is 90.1 cm³/mol. The molecule has 1 heterocycles. The molecule has 0 fully saturated rings.